The SMILES string of the molecule is O=C(CSc1nc2ccccc2[nH]1)N/N=C/c1ccccc1Br. The summed E-state index contributed by atoms with van der Waals surface area (Å²) in [4.78, 5) is 19.4. The molecule has 0 aliphatic rings. The van der Waals surface area contributed by atoms with Gasteiger partial charge in [-0.15, -0.1) is 0 Å². The van der Waals surface area contributed by atoms with E-state index in [0.717, 1.165) is 26.2 Å². The number of H-pyrrole nitrogens is 1. The zero-order chi connectivity index (χ0) is 16.1. The summed E-state index contributed by atoms with van der Waals surface area (Å²) in [6.07, 6.45) is 1.60. The molecule has 0 fully saturated rings. The Bertz CT molecular complexity index is 829. The molecule has 1 aromatic heterocycles. The molecule has 0 radical (unpaired) electrons. The molecule has 0 spiro atoms. The minimum Gasteiger partial charge on any atom is -0.333 e. The molecule has 2 aromatic carbocycles. The van der Waals surface area contributed by atoms with E-state index in [4.69, 9.17) is 0 Å². The van der Waals surface area contributed by atoms with E-state index >= 15 is 0 Å². The molecule has 5 nitrogen and oxygen atoms in total. The van der Waals surface area contributed by atoms with Gasteiger partial charge < -0.3 is 4.98 Å². The second kappa shape index (κ2) is 7.43. The summed E-state index contributed by atoms with van der Waals surface area (Å²) < 4.78 is 0.926. The summed E-state index contributed by atoms with van der Waals surface area (Å²) in [5.74, 6) is 0.0615. The zero-order valence-electron chi connectivity index (χ0n) is 12.0. The minimum atomic E-state index is -0.182. The average Bonchev–Trinajstić information content (AvgIpc) is 2.98. The standard InChI is InChI=1S/C16H13BrN4OS/c17-12-6-2-1-5-11(12)9-18-21-15(22)10-23-16-19-13-7-3-4-8-14(13)20-16/h1-9H,10H2,(H,19,20)(H,21,22)/b18-9+. The number of benzene rings is 2. The van der Waals surface area contributed by atoms with E-state index in [-0.39, 0.29) is 11.7 Å². The van der Waals surface area contributed by atoms with Gasteiger partial charge >= 0.3 is 0 Å². The number of hydrogen-bond donors (Lipinski definition) is 2. The summed E-state index contributed by atoms with van der Waals surface area (Å²) in [6, 6.07) is 15.4. The molecular weight excluding hydrogens is 376 g/mol. The molecule has 116 valence electrons. The lowest BCUT2D eigenvalue weighted by atomic mass is 10.2. The first-order valence-corrected chi connectivity index (χ1v) is 8.64. The van der Waals surface area contributed by atoms with Crippen LogP contribution in [0.15, 0.2) is 63.3 Å². The summed E-state index contributed by atoms with van der Waals surface area (Å²) in [5, 5.41) is 4.68. The van der Waals surface area contributed by atoms with Crippen molar-refractivity contribution < 1.29 is 4.79 Å². The number of para-hydroxylation sites is 2. The molecular formula is C16H13BrN4OS. The number of thioether (sulfide) groups is 1. The van der Waals surface area contributed by atoms with Crippen molar-refractivity contribution in [2.45, 2.75) is 5.16 Å². The van der Waals surface area contributed by atoms with E-state index in [1.807, 2.05) is 48.5 Å². The van der Waals surface area contributed by atoms with E-state index in [1.165, 1.54) is 11.8 Å². The number of imidazole rings is 1. The summed E-state index contributed by atoms with van der Waals surface area (Å²) >= 11 is 4.76. The van der Waals surface area contributed by atoms with Crippen LogP contribution in [0.5, 0.6) is 0 Å². The number of carbonyl (C=O) groups excluding carboxylic acids is 1. The molecule has 1 amide bonds. The van der Waals surface area contributed by atoms with Crippen LogP contribution in [0.4, 0.5) is 0 Å². The first-order valence-electron chi connectivity index (χ1n) is 6.86. The monoisotopic (exact) mass is 388 g/mol. The molecule has 0 aliphatic heterocycles. The summed E-state index contributed by atoms with van der Waals surface area (Å²) in [7, 11) is 0. The van der Waals surface area contributed by atoms with Crippen LogP contribution in [0.1, 0.15) is 5.56 Å². The largest absolute Gasteiger partial charge is 0.333 e. The van der Waals surface area contributed by atoms with E-state index < -0.39 is 0 Å². The van der Waals surface area contributed by atoms with Crippen molar-refractivity contribution in [2.75, 3.05) is 5.75 Å². The zero-order valence-corrected chi connectivity index (χ0v) is 14.4. The van der Waals surface area contributed by atoms with Crippen LogP contribution in [0.2, 0.25) is 0 Å². The Kier molecular flexibility index (Phi) is 5.09. The number of halogens is 1. The van der Waals surface area contributed by atoms with E-state index in [2.05, 4.69) is 36.4 Å². The maximum absolute atomic E-state index is 11.8. The molecule has 0 aliphatic carbocycles. The highest BCUT2D eigenvalue weighted by molar-refractivity contribution is 9.10. The fraction of sp³-hybridized carbons (Fsp3) is 0.0625. The first kappa shape index (κ1) is 15.8. The van der Waals surface area contributed by atoms with E-state index in [9.17, 15) is 4.79 Å². The Balaban J connectivity index is 1.52. The number of fused-ring (bicyclic) bond motifs is 1. The molecule has 1 heterocycles. The third-order valence-corrected chi connectivity index (χ3v) is 4.60. The summed E-state index contributed by atoms with van der Waals surface area (Å²) in [5.41, 5.74) is 5.26. The smallest absolute Gasteiger partial charge is 0.250 e. The lowest BCUT2D eigenvalue weighted by Crippen LogP contribution is -2.19. The van der Waals surface area contributed by atoms with Crippen molar-refractivity contribution in [2.24, 2.45) is 5.10 Å². The van der Waals surface area contributed by atoms with Crippen molar-refractivity contribution >= 4 is 50.8 Å². The fourth-order valence-corrected chi connectivity index (χ4v) is 2.98. The molecule has 3 aromatic rings. The van der Waals surface area contributed by atoms with Crippen molar-refractivity contribution in [1.29, 1.82) is 0 Å². The van der Waals surface area contributed by atoms with Crippen LogP contribution in [-0.4, -0.2) is 27.8 Å². The maximum atomic E-state index is 11.8. The third kappa shape index (κ3) is 4.20. The number of hydrazone groups is 1. The van der Waals surface area contributed by atoms with Crippen LogP contribution in [0.3, 0.4) is 0 Å². The number of amides is 1. The van der Waals surface area contributed by atoms with Crippen molar-refractivity contribution in [3.63, 3.8) is 0 Å². The van der Waals surface area contributed by atoms with Crippen molar-refractivity contribution in [3.8, 4) is 0 Å². The van der Waals surface area contributed by atoms with Crippen molar-refractivity contribution in [1.82, 2.24) is 15.4 Å². The first-order chi connectivity index (χ1) is 11.2. The Hall–Kier alpha value is -2.12. The number of nitrogens with zero attached hydrogens (tertiary/aromatic N) is 2. The topological polar surface area (TPSA) is 70.1 Å². The number of rotatable bonds is 5. The van der Waals surface area contributed by atoms with Crippen LogP contribution in [0, 0.1) is 0 Å². The van der Waals surface area contributed by atoms with Gasteiger partial charge in [0, 0.05) is 10.0 Å². The quantitative estimate of drug-likeness (QED) is 0.398. The van der Waals surface area contributed by atoms with Crippen LogP contribution in [0.25, 0.3) is 11.0 Å². The predicted octanol–water partition coefficient (Wildman–Crippen LogP) is 3.57. The Morgan fingerprint density at radius 2 is 2.04 bits per heavy atom. The van der Waals surface area contributed by atoms with Crippen molar-refractivity contribution in [3.05, 3.63) is 58.6 Å². The normalized spacial score (nSPS) is 11.2. The highest BCUT2D eigenvalue weighted by atomic mass is 79.9. The van der Waals surface area contributed by atoms with Gasteiger partial charge in [-0.1, -0.05) is 58.0 Å². The van der Waals surface area contributed by atoms with Gasteiger partial charge in [0.1, 0.15) is 0 Å². The van der Waals surface area contributed by atoms with Gasteiger partial charge in [0.2, 0.25) is 0 Å². The minimum absolute atomic E-state index is 0.182. The molecule has 0 saturated heterocycles. The predicted molar refractivity (Wildman–Crippen MR) is 96.7 cm³/mol. The van der Waals surface area contributed by atoms with Crippen LogP contribution >= 0.6 is 27.7 Å². The molecule has 0 saturated carbocycles. The molecule has 0 atom stereocenters. The maximum Gasteiger partial charge on any atom is 0.250 e. The summed E-state index contributed by atoms with van der Waals surface area (Å²) in [6.45, 7) is 0. The van der Waals surface area contributed by atoms with Gasteiger partial charge in [0.15, 0.2) is 5.16 Å². The second-order valence-corrected chi connectivity index (χ2v) is 6.48. The lowest BCUT2D eigenvalue weighted by Gasteiger charge is -1.99. The van der Waals surface area contributed by atoms with Gasteiger partial charge in [-0.2, -0.15) is 5.10 Å². The highest BCUT2D eigenvalue weighted by Crippen LogP contribution is 2.18. The fourth-order valence-electron chi connectivity index (χ4n) is 1.92. The van der Waals surface area contributed by atoms with Crippen LogP contribution < -0.4 is 5.43 Å². The van der Waals surface area contributed by atoms with Gasteiger partial charge in [-0.05, 0) is 18.2 Å². The van der Waals surface area contributed by atoms with Crippen LogP contribution in [-0.2, 0) is 4.79 Å². The van der Waals surface area contributed by atoms with Gasteiger partial charge in [-0.3, -0.25) is 4.79 Å². The molecule has 3 rings (SSSR count). The Morgan fingerprint density at radius 3 is 2.87 bits per heavy atom. The highest BCUT2D eigenvalue weighted by Gasteiger charge is 2.06. The average molecular weight is 389 g/mol. The molecule has 0 bridgehead atoms. The number of aromatic amines is 1. The van der Waals surface area contributed by atoms with E-state index in [0.29, 0.717) is 0 Å². The molecule has 2 N–H and O–H groups in total. The molecule has 0 unspecified atom stereocenters. The Labute approximate surface area is 145 Å². The number of aromatic nitrogens is 2. The lowest BCUT2D eigenvalue weighted by molar-refractivity contribution is -0.118. The molecule has 7 heteroatoms. The van der Waals surface area contributed by atoms with E-state index in [1.54, 1.807) is 6.21 Å². The number of hydrogen-bond acceptors (Lipinski definition) is 4. The molecule has 23 heavy (non-hydrogen) atoms. The van der Waals surface area contributed by atoms with Gasteiger partial charge in [0.25, 0.3) is 5.91 Å². The number of carbonyl (C=O) groups is 1. The second-order valence-electron chi connectivity index (χ2n) is 4.66. The van der Waals surface area contributed by atoms with Gasteiger partial charge in [0.05, 0.1) is 23.0 Å². The Morgan fingerprint density at radius 1 is 1.26 bits per heavy atom. The third-order valence-electron chi connectivity index (χ3n) is 3.01. The number of nitrogens with one attached hydrogen (secondary N) is 2. The van der Waals surface area contributed by atoms with Gasteiger partial charge in [-0.25, -0.2) is 10.4 Å².